The summed E-state index contributed by atoms with van der Waals surface area (Å²) in [7, 11) is 0. The van der Waals surface area contributed by atoms with Gasteiger partial charge in [0.15, 0.2) is 0 Å². The van der Waals surface area contributed by atoms with Gasteiger partial charge in [-0.25, -0.2) is 4.98 Å². The van der Waals surface area contributed by atoms with Crippen molar-refractivity contribution in [2.24, 2.45) is 0 Å². The van der Waals surface area contributed by atoms with Gasteiger partial charge in [0, 0.05) is 16.5 Å². The second-order valence-corrected chi connectivity index (χ2v) is 8.28. The van der Waals surface area contributed by atoms with E-state index in [9.17, 15) is 0 Å². The lowest BCUT2D eigenvalue weighted by atomic mass is 9.81. The highest BCUT2D eigenvalue weighted by atomic mass is 15.0. The molecule has 0 fully saturated rings. The Hall–Kier alpha value is -0.790. The van der Waals surface area contributed by atoms with E-state index in [-0.39, 0.29) is 10.8 Å². The largest absolute Gasteiger partial charge is 0.345 e. The second-order valence-electron chi connectivity index (χ2n) is 8.28. The number of aromatic amines is 1. The van der Waals surface area contributed by atoms with Crippen LogP contribution in [0, 0.1) is 0 Å². The molecule has 0 aromatic carbocycles. The monoisotopic (exact) mass is 306 g/mol. The van der Waals surface area contributed by atoms with E-state index in [0.29, 0.717) is 5.92 Å². The van der Waals surface area contributed by atoms with Crippen molar-refractivity contribution in [3.8, 4) is 0 Å². The summed E-state index contributed by atoms with van der Waals surface area (Å²) in [6.07, 6.45) is 7.28. The average molecular weight is 307 g/mol. The minimum atomic E-state index is 0.135. The number of rotatable bonds is 9. The molecule has 1 aromatic heterocycles. The van der Waals surface area contributed by atoms with E-state index in [1.165, 1.54) is 49.3 Å². The van der Waals surface area contributed by atoms with Crippen LogP contribution in [0.15, 0.2) is 0 Å². The van der Waals surface area contributed by atoms with Gasteiger partial charge in [-0.05, 0) is 25.2 Å². The lowest BCUT2D eigenvalue weighted by Crippen LogP contribution is -2.21. The summed E-state index contributed by atoms with van der Waals surface area (Å²) >= 11 is 0. The molecule has 0 aliphatic rings. The highest BCUT2D eigenvalue weighted by molar-refractivity contribution is 5.28. The lowest BCUT2D eigenvalue weighted by molar-refractivity contribution is 0.428. The molecule has 1 heterocycles. The predicted octanol–water partition coefficient (Wildman–Crippen LogP) is 6.47. The Bertz CT molecular complexity index is 454. The van der Waals surface area contributed by atoms with E-state index in [1.807, 2.05) is 0 Å². The summed E-state index contributed by atoms with van der Waals surface area (Å²) in [4.78, 5) is 8.85. The molecule has 128 valence electrons. The molecule has 1 N–H and O–H groups in total. The quantitative estimate of drug-likeness (QED) is 0.556. The Morgan fingerprint density at radius 1 is 0.955 bits per heavy atom. The molecule has 2 heteroatoms. The number of hydrogen-bond acceptors (Lipinski definition) is 1. The maximum Gasteiger partial charge on any atom is 0.112 e. The molecule has 0 aliphatic heterocycles. The first-order chi connectivity index (χ1) is 10.2. The van der Waals surface area contributed by atoms with Gasteiger partial charge in [0.05, 0.1) is 5.69 Å². The van der Waals surface area contributed by atoms with Crippen molar-refractivity contribution >= 4 is 0 Å². The third-order valence-electron chi connectivity index (χ3n) is 5.16. The molecule has 0 amide bonds. The summed E-state index contributed by atoms with van der Waals surface area (Å²) in [6, 6.07) is 0. The maximum absolute atomic E-state index is 5.09. The molecule has 0 bridgehead atoms. The van der Waals surface area contributed by atoms with Crippen LogP contribution in [0.2, 0.25) is 0 Å². The van der Waals surface area contributed by atoms with E-state index in [1.54, 1.807) is 0 Å². The van der Waals surface area contributed by atoms with Crippen LogP contribution >= 0.6 is 0 Å². The summed E-state index contributed by atoms with van der Waals surface area (Å²) in [5.41, 5.74) is 3.01. The summed E-state index contributed by atoms with van der Waals surface area (Å²) in [6.45, 7) is 18.5. The van der Waals surface area contributed by atoms with Gasteiger partial charge in [-0.1, -0.05) is 74.7 Å². The van der Waals surface area contributed by atoms with Crippen molar-refractivity contribution in [1.82, 2.24) is 9.97 Å². The molecule has 0 spiro atoms. The van der Waals surface area contributed by atoms with Crippen LogP contribution in [0.3, 0.4) is 0 Å². The maximum atomic E-state index is 5.09. The number of imidazole rings is 1. The van der Waals surface area contributed by atoms with Crippen LogP contribution < -0.4 is 0 Å². The predicted molar refractivity (Wildman–Crippen MR) is 97.8 cm³/mol. The molecule has 22 heavy (non-hydrogen) atoms. The molecule has 1 aromatic rings. The van der Waals surface area contributed by atoms with Crippen LogP contribution in [-0.2, 0) is 10.8 Å². The van der Waals surface area contributed by atoms with Crippen LogP contribution in [0.1, 0.15) is 117 Å². The first kappa shape index (κ1) is 19.3. The molecule has 1 atom stereocenters. The zero-order valence-corrected chi connectivity index (χ0v) is 16.3. The number of unbranched alkanes of at least 4 members (excludes halogenated alkanes) is 1. The van der Waals surface area contributed by atoms with Crippen molar-refractivity contribution in [3.05, 3.63) is 17.2 Å². The standard InChI is InChI=1S/C20H38N2/c1-9-12-14-19(5,6)17-16(15(4)11-3)21-18(22-17)20(7,8)13-10-2/h15H,9-14H2,1-8H3,(H,21,22). The van der Waals surface area contributed by atoms with Crippen molar-refractivity contribution in [2.75, 3.05) is 0 Å². The molecule has 0 saturated carbocycles. The smallest absolute Gasteiger partial charge is 0.112 e. The molecule has 0 radical (unpaired) electrons. The first-order valence-electron chi connectivity index (χ1n) is 9.30. The highest BCUT2D eigenvalue weighted by Gasteiger charge is 2.32. The van der Waals surface area contributed by atoms with Gasteiger partial charge < -0.3 is 4.98 Å². The van der Waals surface area contributed by atoms with Gasteiger partial charge >= 0.3 is 0 Å². The summed E-state index contributed by atoms with van der Waals surface area (Å²) in [5, 5.41) is 0. The average Bonchev–Trinajstić information content (AvgIpc) is 2.91. The van der Waals surface area contributed by atoms with Crippen LogP contribution in [0.4, 0.5) is 0 Å². The fourth-order valence-corrected chi connectivity index (χ4v) is 3.26. The third-order valence-corrected chi connectivity index (χ3v) is 5.16. The fourth-order valence-electron chi connectivity index (χ4n) is 3.26. The molecular weight excluding hydrogens is 268 g/mol. The van der Waals surface area contributed by atoms with Crippen molar-refractivity contribution in [3.63, 3.8) is 0 Å². The van der Waals surface area contributed by atoms with Crippen molar-refractivity contribution in [1.29, 1.82) is 0 Å². The van der Waals surface area contributed by atoms with Gasteiger partial charge in [0.2, 0.25) is 0 Å². The Morgan fingerprint density at radius 3 is 2.09 bits per heavy atom. The number of aromatic nitrogens is 2. The number of nitrogens with one attached hydrogen (secondary N) is 1. The highest BCUT2D eigenvalue weighted by Crippen LogP contribution is 2.37. The number of H-pyrrole nitrogens is 1. The summed E-state index contributed by atoms with van der Waals surface area (Å²) in [5.74, 6) is 1.71. The second kappa shape index (κ2) is 7.66. The Labute approximate surface area is 138 Å². The van der Waals surface area contributed by atoms with Crippen molar-refractivity contribution < 1.29 is 0 Å². The summed E-state index contributed by atoms with van der Waals surface area (Å²) < 4.78 is 0. The Morgan fingerprint density at radius 2 is 1.59 bits per heavy atom. The van der Waals surface area contributed by atoms with E-state index in [0.717, 1.165) is 6.42 Å². The molecule has 1 unspecified atom stereocenters. The van der Waals surface area contributed by atoms with Gasteiger partial charge in [0.1, 0.15) is 5.82 Å². The topological polar surface area (TPSA) is 28.7 Å². The zero-order valence-electron chi connectivity index (χ0n) is 16.3. The molecule has 2 nitrogen and oxygen atoms in total. The van der Waals surface area contributed by atoms with Gasteiger partial charge in [-0.3, -0.25) is 0 Å². The van der Waals surface area contributed by atoms with E-state index < -0.39 is 0 Å². The van der Waals surface area contributed by atoms with Gasteiger partial charge in [-0.15, -0.1) is 0 Å². The minimum absolute atomic E-state index is 0.135. The molecular formula is C20H38N2. The van der Waals surface area contributed by atoms with Crippen LogP contribution in [0.25, 0.3) is 0 Å². The van der Waals surface area contributed by atoms with Crippen LogP contribution in [0.5, 0.6) is 0 Å². The zero-order chi connectivity index (χ0) is 17.0. The number of hydrogen-bond donors (Lipinski definition) is 1. The molecule has 1 rings (SSSR count). The fraction of sp³-hybridized carbons (Fsp3) is 0.850. The normalized spacial score (nSPS) is 14.4. The molecule has 0 aliphatic carbocycles. The van der Waals surface area contributed by atoms with E-state index >= 15 is 0 Å². The van der Waals surface area contributed by atoms with Gasteiger partial charge in [0.25, 0.3) is 0 Å². The Kier molecular flexibility index (Phi) is 6.70. The third kappa shape index (κ3) is 4.36. The SMILES string of the molecule is CCCCC(C)(C)c1[nH]c(C(C)(C)CCC)nc1C(C)CC. The van der Waals surface area contributed by atoms with Crippen molar-refractivity contribution in [2.45, 2.75) is 111 Å². The van der Waals surface area contributed by atoms with Gasteiger partial charge in [-0.2, -0.15) is 0 Å². The van der Waals surface area contributed by atoms with E-state index in [4.69, 9.17) is 4.98 Å². The lowest BCUT2D eigenvalue weighted by Gasteiger charge is -2.26. The van der Waals surface area contributed by atoms with E-state index in [2.05, 4.69) is 60.4 Å². The number of nitrogens with zero attached hydrogens (tertiary/aromatic N) is 1. The van der Waals surface area contributed by atoms with Crippen LogP contribution in [-0.4, -0.2) is 9.97 Å². The Balaban J connectivity index is 3.27. The minimum Gasteiger partial charge on any atom is -0.345 e. The molecule has 0 saturated heterocycles. The first-order valence-corrected chi connectivity index (χ1v) is 9.30.